The van der Waals surface area contributed by atoms with Crippen LogP contribution in [0, 0.1) is 0 Å². The molecule has 0 unspecified atom stereocenters. The SMILES string of the molecule is [C]=O.[Ni].[Ni]. The average molecular weight is 145 g/mol. The van der Waals surface area contributed by atoms with E-state index in [2.05, 4.69) is 6.79 Å². The van der Waals surface area contributed by atoms with E-state index in [0.29, 0.717) is 0 Å². The van der Waals surface area contributed by atoms with Crippen molar-refractivity contribution in [2.24, 2.45) is 0 Å². The molecular weight excluding hydrogens is 145 g/mol. The molecule has 0 aromatic heterocycles. The maximum Gasteiger partial charge on any atom is 0.281 e. The Bertz CT molecular complexity index is 6.00. The van der Waals surface area contributed by atoms with Gasteiger partial charge in [0.05, 0.1) is 0 Å². The summed E-state index contributed by atoms with van der Waals surface area (Å²) in [5, 5.41) is 0. The molecule has 0 heterocycles. The van der Waals surface area contributed by atoms with E-state index in [-0.39, 0.29) is 33.0 Å². The monoisotopic (exact) mass is 144 g/mol. The van der Waals surface area contributed by atoms with Gasteiger partial charge in [0.2, 0.25) is 0 Å². The molecule has 0 rings (SSSR count). The summed E-state index contributed by atoms with van der Waals surface area (Å²) in [7, 11) is 0. The number of carbonyl (C=O) groups excluding carboxylic acids is 1. The first kappa shape index (κ1) is 22.7. The Hall–Kier alpha value is 0.657. The van der Waals surface area contributed by atoms with Gasteiger partial charge in [0.15, 0.2) is 0 Å². The molecule has 0 aliphatic rings. The van der Waals surface area contributed by atoms with Gasteiger partial charge in [0, 0.05) is 33.0 Å². The van der Waals surface area contributed by atoms with E-state index in [1.165, 1.54) is 0 Å². The molecule has 0 bridgehead atoms. The first-order valence-electron chi connectivity index (χ1n) is 0.204. The Labute approximate surface area is 45.0 Å². The molecule has 0 saturated heterocycles. The summed E-state index contributed by atoms with van der Waals surface area (Å²) in [6.07, 6.45) is 0. The molecule has 0 saturated carbocycles. The summed E-state index contributed by atoms with van der Waals surface area (Å²) < 4.78 is 0. The van der Waals surface area contributed by atoms with Crippen molar-refractivity contribution < 1.29 is 37.8 Å². The van der Waals surface area contributed by atoms with Crippen LogP contribution < -0.4 is 0 Å². The van der Waals surface area contributed by atoms with Crippen LogP contribution in [0.4, 0.5) is 0 Å². The molecule has 2 radical (unpaired) electrons. The Kier molecular flexibility index (Phi) is 339. The van der Waals surface area contributed by atoms with E-state index < -0.39 is 0 Å². The van der Waals surface area contributed by atoms with Crippen molar-refractivity contribution in [3.63, 3.8) is 0 Å². The molecule has 4 heavy (non-hydrogen) atoms. The summed E-state index contributed by atoms with van der Waals surface area (Å²) in [5.41, 5.74) is 0. The van der Waals surface area contributed by atoms with Crippen LogP contribution in [-0.2, 0) is 37.8 Å². The van der Waals surface area contributed by atoms with E-state index in [0.717, 1.165) is 0 Å². The van der Waals surface area contributed by atoms with E-state index in [4.69, 9.17) is 4.79 Å². The molecule has 0 aliphatic carbocycles. The zero-order chi connectivity index (χ0) is 2.00. The van der Waals surface area contributed by atoms with Crippen molar-refractivity contribution in [2.75, 3.05) is 0 Å². The van der Waals surface area contributed by atoms with E-state index in [1.54, 1.807) is 0 Å². The number of rotatable bonds is 0. The minimum Gasteiger partial charge on any atom is -0.281 e. The van der Waals surface area contributed by atoms with E-state index in [1.807, 2.05) is 0 Å². The average Bonchev–Trinajstić information content (AvgIpc) is 1.00. The van der Waals surface area contributed by atoms with Crippen LogP contribution in [0.5, 0.6) is 0 Å². The van der Waals surface area contributed by atoms with Crippen LogP contribution in [0.15, 0.2) is 0 Å². The Balaban J connectivity index is -0.00000000500. The zero-order valence-corrected chi connectivity index (χ0v) is 3.52. The van der Waals surface area contributed by atoms with Gasteiger partial charge in [0.1, 0.15) is 0 Å². The van der Waals surface area contributed by atoms with Gasteiger partial charge in [-0.05, 0) is 0 Å². The summed E-state index contributed by atoms with van der Waals surface area (Å²) in [6, 6.07) is 0. The predicted molar refractivity (Wildman–Crippen MR) is 5.69 cm³/mol. The topological polar surface area (TPSA) is 17.1 Å². The van der Waals surface area contributed by atoms with Crippen LogP contribution in [-0.4, -0.2) is 6.79 Å². The van der Waals surface area contributed by atoms with Crippen molar-refractivity contribution in [1.29, 1.82) is 0 Å². The maximum absolute atomic E-state index is 7.50. The fraction of sp³-hybridized carbons (Fsp3) is 0. The Morgan fingerprint density at radius 3 is 1.00 bits per heavy atom. The van der Waals surface area contributed by atoms with E-state index in [9.17, 15) is 0 Å². The zero-order valence-electron chi connectivity index (χ0n) is 1.54. The molecule has 1 nitrogen and oxygen atoms in total. The first-order chi connectivity index (χ1) is 1.00. The van der Waals surface area contributed by atoms with Gasteiger partial charge >= 0.3 is 0 Å². The third-order valence-electron chi connectivity index (χ3n) is 0. The van der Waals surface area contributed by atoms with Gasteiger partial charge in [-0.25, -0.2) is 0 Å². The van der Waals surface area contributed by atoms with Crippen LogP contribution in [0.1, 0.15) is 0 Å². The predicted octanol–water partition coefficient (Wildman–Crippen LogP) is -0.402. The van der Waals surface area contributed by atoms with Gasteiger partial charge in [0.25, 0.3) is 6.79 Å². The number of hydrogen-bond donors (Lipinski definition) is 0. The molecule has 0 amide bonds. The molecule has 0 spiro atoms. The minimum absolute atomic E-state index is 0. The summed E-state index contributed by atoms with van der Waals surface area (Å²) in [5.74, 6) is 0. The van der Waals surface area contributed by atoms with Gasteiger partial charge in [-0.1, -0.05) is 0 Å². The molecule has 30 valence electrons. The second-order valence-corrected chi connectivity index (χ2v) is 0. The largest absolute Gasteiger partial charge is 0.281 e. The number of hydrogen-bond acceptors (Lipinski definition) is 1. The smallest absolute Gasteiger partial charge is 0.281 e. The van der Waals surface area contributed by atoms with Crippen molar-refractivity contribution in [3.05, 3.63) is 0 Å². The molecule has 3 heteroatoms. The summed E-state index contributed by atoms with van der Waals surface area (Å²) >= 11 is 0. The molecular formula is CNi2O. The third-order valence-corrected chi connectivity index (χ3v) is 0. The van der Waals surface area contributed by atoms with Gasteiger partial charge in [-0.3, -0.25) is 4.79 Å². The molecule has 0 aromatic carbocycles. The molecule has 0 aliphatic heterocycles. The van der Waals surface area contributed by atoms with Crippen LogP contribution in [0.2, 0.25) is 0 Å². The van der Waals surface area contributed by atoms with Crippen LogP contribution in [0.25, 0.3) is 0 Å². The third kappa shape index (κ3) is 16.9. The molecule has 0 aromatic rings. The summed E-state index contributed by atoms with van der Waals surface area (Å²) in [6.45, 7) is 4.50. The maximum atomic E-state index is 7.50. The first-order valence-corrected chi connectivity index (χ1v) is 0.204. The standard InChI is InChI=1S/CO.2Ni/c1-2;;. The molecule has 0 N–H and O–H groups in total. The van der Waals surface area contributed by atoms with Crippen molar-refractivity contribution in [3.8, 4) is 0 Å². The summed E-state index contributed by atoms with van der Waals surface area (Å²) in [4.78, 5) is 7.50. The molecule has 0 atom stereocenters. The van der Waals surface area contributed by atoms with Gasteiger partial charge in [-0.2, -0.15) is 0 Å². The van der Waals surface area contributed by atoms with Crippen molar-refractivity contribution >= 4 is 6.79 Å². The van der Waals surface area contributed by atoms with Crippen molar-refractivity contribution in [1.82, 2.24) is 0 Å². The quantitative estimate of drug-likeness (QED) is 0.424. The normalized spacial score (nSPS) is 1.00. The van der Waals surface area contributed by atoms with Gasteiger partial charge < -0.3 is 0 Å². The van der Waals surface area contributed by atoms with Crippen molar-refractivity contribution in [2.45, 2.75) is 0 Å². The van der Waals surface area contributed by atoms with Crippen LogP contribution in [0.3, 0.4) is 0 Å². The van der Waals surface area contributed by atoms with Crippen LogP contribution >= 0.6 is 0 Å². The minimum atomic E-state index is 0. The second-order valence-electron chi connectivity index (χ2n) is 0. The fourth-order valence-electron chi connectivity index (χ4n) is 0. The van der Waals surface area contributed by atoms with Gasteiger partial charge in [-0.15, -0.1) is 0 Å². The fourth-order valence-corrected chi connectivity index (χ4v) is 0. The Morgan fingerprint density at radius 2 is 1.00 bits per heavy atom. The Morgan fingerprint density at radius 1 is 1.00 bits per heavy atom. The second kappa shape index (κ2) is 59.8. The van der Waals surface area contributed by atoms with E-state index >= 15 is 0 Å². The molecule has 0 fully saturated rings.